The number of nitrogens with zero attached hydrogens (tertiary/aromatic N) is 2. The number of thiophene rings is 1. The Balaban J connectivity index is 0.00000361. The number of rotatable bonds is 7. The summed E-state index contributed by atoms with van der Waals surface area (Å²) < 4.78 is 0. The quantitative estimate of drug-likeness (QED) is 0.413. The molecule has 0 amide bonds. The van der Waals surface area contributed by atoms with Crippen LogP contribution in [0.1, 0.15) is 24.6 Å². The zero-order chi connectivity index (χ0) is 14.1. The van der Waals surface area contributed by atoms with Crippen molar-refractivity contribution in [3.8, 4) is 0 Å². The summed E-state index contributed by atoms with van der Waals surface area (Å²) in [6.45, 7) is 8.31. The van der Waals surface area contributed by atoms with E-state index in [4.69, 9.17) is 0 Å². The van der Waals surface area contributed by atoms with Gasteiger partial charge >= 0.3 is 0 Å². The summed E-state index contributed by atoms with van der Waals surface area (Å²) in [4.78, 5) is 7.93. The van der Waals surface area contributed by atoms with E-state index in [1.807, 2.05) is 18.4 Å². The van der Waals surface area contributed by atoms with Crippen molar-refractivity contribution in [2.75, 3.05) is 40.3 Å². The number of aliphatic imine (C=N–C) groups is 1. The second kappa shape index (κ2) is 11.3. The first-order valence-electron chi connectivity index (χ1n) is 6.83. The molecule has 1 aromatic heterocycles. The summed E-state index contributed by atoms with van der Waals surface area (Å²) in [6.07, 6.45) is 0. The Labute approximate surface area is 144 Å². The van der Waals surface area contributed by atoms with Gasteiger partial charge in [-0.25, -0.2) is 0 Å². The molecule has 1 rings (SSSR count). The normalized spacial score (nSPS) is 12.9. The number of hydrogen-bond acceptors (Lipinski definition) is 3. The molecule has 0 aliphatic carbocycles. The van der Waals surface area contributed by atoms with Crippen LogP contribution >= 0.6 is 35.3 Å². The lowest BCUT2D eigenvalue weighted by Gasteiger charge is -2.17. The topological polar surface area (TPSA) is 39.7 Å². The van der Waals surface area contributed by atoms with Crippen molar-refractivity contribution in [2.24, 2.45) is 4.99 Å². The average molecular weight is 410 g/mol. The molecular formula is C14H27IN4S. The molecule has 0 radical (unpaired) electrons. The van der Waals surface area contributed by atoms with Gasteiger partial charge in [0.2, 0.25) is 0 Å². The van der Waals surface area contributed by atoms with Crippen molar-refractivity contribution in [3.63, 3.8) is 0 Å². The van der Waals surface area contributed by atoms with Gasteiger partial charge in [0, 0.05) is 37.5 Å². The third-order valence-electron chi connectivity index (χ3n) is 3.15. The van der Waals surface area contributed by atoms with Gasteiger partial charge in [0.05, 0.1) is 0 Å². The van der Waals surface area contributed by atoms with Crippen LogP contribution in [0.2, 0.25) is 0 Å². The Morgan fingerprint density at radius 2 is 2.20 bits per heavy atom. The second-order valence-corrected chi connectivity index (χ2v) is 5.67. The Hall–Kier alpha value is -0.340. The Kier molecular flexibility index (Phi) is 11.1. The maximum Gasteiger partial charge on any atom is 0.191 e. The third kappa shape index (κ3) is 7.44. The molecule has 0 aliphatic heterocycles. The highest BCUT2D eigenvalue weighted by atomic mass is 127. The molecule has 116 valence electrons. The molecule has 0 fully saturated rings. The fourth-order valence-corrected chi connectivity index (χ4v) is 2.45. The molecule has 2 N–H and O–H groups in total. The van der Waals surface area contributed by atoms with E-state index in [2.05, 4.69) is 58.9 Å². The molecule has 1 aromatic rings. The highest BCUT2D eigenvalue weighted by molar-refractivity contribution is 14.0. The minimum Gasteiger partial charge on any atom is -0.356 e. The highest BCUT2D eigenvalue weighted by Crippen LogP contribution is 2.19. The Morgan fingerprint density at radius 3 is 2.75 bits per heavy atom. The van der Waals surface area contributed by atoms with Gasteiger partial charge in [0.25, 0.3) is 0 Å². The van der Waals surface area contributed by atoms with Crippen molar-refractivity contribution in [2.45, 2.75) is 19.8 Å². The molecule has 0 aromatic carbocycles. The lowest BCUT2D eigenvalue weighted by Crippen LogP contribution is -2.42. The standard InChI is InChI=1S/C14H26N4S.HI/c1-5-18(4)9-8-16-14(15-3)17-11-12(2)13-7-6-10-19-13;/h6-7,10,12H,5,8-9,11H2,1-4H3,(H2,15,16,17);1H. The first kappa shape index (κ1) is 19.7. The van der Waals surface area contributed by atoms with Gasteiger partial charge in [-0.2, -0.15) is 0 Å². The molecule has 1 atom stereocenters. The minimum atomic E-state index is 0. The van der Waals surface area contributed by atoms with Crippen LogP contribution in [0.3, 0.4) is 0 Å². The highest BCUT2D eigenvalue weighted by Gasteiger charge is 2.07. The van der Waals surface area contributed by atoms with Crippen molar-refractivity contribution in [3.05, 3.63) is 22.4 Å². The van der Waals surface area contributed by atoms with Crippen LogP contribution in [0.15, 0.2) is 22.5 Å². The van der Waals surface area contributed by atoms with Crippen LogP contribution in [0, 0.1) is 0 Å². The number of guanidine groups is 1. The molecule has 6 heteroatoms. The molecule has 0 aliphatic rings. The average Bonchev–Trinajstić information content (AvgIpc) is 2.96. The van der Waals surface area contributed by atoms with E-state index in [9.17, 15) is 0 Å². The first-order valence-corrected chi connectivity index (χ1v) is 7.71. The number of likely N-dealkylation sites (N-methyl/N-ethyl adjacent to an activating group) is 1. The summed E-state index contributed by atoms with van der Waals surface area (Å²) in [7, 11) is 3.94. The second-order valence-electron chi connectivity index (χ2n) is 4.69. The summed E-state index contributed by atoms with van der Waals surface area (Å²) in [6, 6.07) is 4.29. The maximum absolute atomic E-state index is 4.24. The fourth-order valence-electron chi connectivity index (χ4n) is 1.67. The van der Waals surface area contributed by atoms with Crippen LogP contribution in [0.25, 0.3) is 0 Å². The zero-order valence-corrected chi connectivity index (χ0v) is 16.0. The predicted octanol–water partition coefficient (Wildman–Crippen LogP) is 2.59. The van der Waals surface area contributed by atoms with Gasteiger partial charge in [-0.3, -0.25) is 4.99 Å². The van der Waals surface area contributed by atoms with Gasteiger partial charge < -0.3 is 15.5 Å². The van der Waals surface area contributed by atoms with Gasteiger partial charge in [0.1, 0.15) is 0 Å². The minimum absolute atomic E-state index is 0. The molecule has 20 heavy (non-hydrogen) atoms. The summed E-state index contributed by atoms with van der Waals surface area (Å²) in [5, 5.41) is 8.84. The molecular weight excluding hydrogens is 383 g/mol. The van der Waals surface area contributed by atoms with Crippen LogP contribution < -0.4 is 10.6 Å². The summed E-state index contributed by atoms with van der Waals surface area (Å²) in [5.74, 6) is 1.39. The van der Waals surface area contributed by atoms with Crippen LogP contribution in [0.5, 0.6) is 0 Å². The number of hydrogen-bond donors (Lipinski definition) is 2. The Morgan fingerprint density at radius 1 is 1.45 bits per heavy atom. The molecule has 0 spiro atoms. The Bertz CT molecular complexity index is 367. The lowest BCUT2D eigenvalue weighted by molar-refractivity contribution is 0.357. The van der Waals surface area contributed by atoms with E-state index < -0.39 is 0 Å². The van der Waals surface area contributed by atoms with E-state index in [0.29, 0.717) is 5.92 Å². The van der Waals surface area contributed by atoms with Crippen molar-refractivity contribution >= 4 is 41.3 Å². The third-order valence-corrected chi connectivity index (χ3v) is 4.26. The van der Waals surface area contributed by atoms with Crippen LogP contribution in [-0.4, -0.2) is 51.1 Å². The van der Waals surface area contributed by atoms with Crippen molar-refractivity contribution < 1.29 is 0 Å². The van der Waals surface area contributed by atoms with E-state index >= 15 is 0 Å². The lowest BCUT2D eigenvalue weighted by atomic mass is 10.1. The van der Waals surface area contributed by atoms with E-state index in [1.165, 1.54) is 4.88 Å². The molecule has 0 bridgehead atoms. The fraction of sp³-hybridized carbons (Fsp3) is 0.643. The smallest absolute Gasteiger partial charge is 0.191 e. The predicted molar refractivity (Wildman–Crippen MR) is 101 cm³/mol. The maximum atomic E-state index is 4.24. The van der Waals surface area contributed by atoms with Gasteiger partial charge in [-0.05, 0) is 25.0 Å². The monoisotopic (exact) mass is 410 g/mol. The van der Waals surface area contributed by atoms with Gasteiger partial charge in [0.15, 0.2) is 5.96 Å². The molecule has 0 saturated heterocycles. The SMILES string of the molecule is CCN(C)CCNC(=NC)NCC(C)c1cccs1.I. The molecule has 1 heterocycles. The molecule has 1 unspecified atom stereocenters. The largest absolute Gasteiger partial charge is 0.356 e. The van der Waals surface area contributed by atoms with E-state index in [-0.39, 0.29) is 24.0 Å². The molecule has 4 nitrogen and oxygen atoms in total. The van der Waals surface area contributed by atoms with Crippen LogP contribution in [-0.2, 0) is 0 Å². The summed E-state index contributed by atoms with van der Waals surface area (Å²) in [5.41, 5.74) is 0. The first-order chi connectivity index (χ1) is 9.17. The number of halogens is 1. The van der Waals surface area contributed by atoms with Crippen molar-refractivity contribution in [1.29, 1.82) is 0 Å². The van der Waals surface area contributed by atoms with Gasteiger partial charge in [-0.15, -0.1) is 35.3 Å². The summed E-state index contributed by atoms with van der Waals surface area (Å²) >= 11 is 1.81. The van der Waals surface area contributed by atoms with Crippen LogP contribution in [0.4, 0.5) is 0 Å². The van der Waals surface area contributed by atoms with Crippen molar-refractivity contribution in [1.82, 2.24) is 15.5 Å². The number of nitrogens with one attached hydrogen (secondary N) is 2. The van der Waals surface area contributed by atoms with E-state index in [0.717, 1.165) is 32.1 Å². The zero-order valence-electron chi connectivity index (χ0n) is 12.8. The van der Waals surface area contributed by atoms with Gasteiger partial charge in [-0.1, -0.05) is 19.9 Å². The molecule has 0 saturated carbocycles. The van der Waals surface area contributed by atoms with E-state index in [1.54, 1.807) is 0 Å².